The SMILES string of the molecule is COc1c(CC(NC(=O)CN2CCC(NC(=O)OC(C)(C)C)C2)B2OC3CC4CC(C4(C)C)C3(C)O2)cccc1C(=O)OC(C)(C)C. The van der Waals surface area contributed by atoms with E-state index in [9.17, 15) is 14.4 Å². The van der Waals surface area contributed by atoms with Crippen LogP contribution in [0.4, 0.5) is 4.79 Å². The number of ether oxygens (including phenoxy) is 3. The number of likely N-dealkylation sites (tertiary alicyclic amines) is 1. The lowest BCUT2D eigenvalue weighted by Crippen LogP contribution is -2.65. The van der Waals surface area contributed by atoms with Crippen LogP contribution in [0.1, 0.15) is 97.5 Å². The fourth-order valence-electron chi connectivity index (χ4n) is 8.03. The lowest BCUT2D eigenvalue weighted by Gasteiger charge is -2.64. The Hall–Kier alpha value is -2.83. The molecule has 6 unspecified atom stereocenters. The van der Waals surface area contributed by atoms with Crippen LogP contribution in [0.3, 0.4) is 0 Å². The summed E-state index contributed by atoms with van der Waals surface area (Å²) >= 11 is 0. The first-order chi connectivity index (χ1) is 21.8. The molecular formula is C35H54BN3O8. The molecule has 5 aliphatic rings. The summed E-state index contributed by atoms with van der Waals surface area (Å²) < 4.78 is 30.3. The van der Waals surface area contributed by atoms with Gasteiger partial charge >= 0.3 is 19.2 Å². The van der Waals surface area contributed by atoms with Crippen molar-refractivity contribution in [1.29, 1.82) is 0 Å². The van der Waals surface area contributed by atoms with Crippen LogP contribution in [-0.2, 0) is 30.0 Å². The number of carbonyl (C=O) groups is 3. The van der Waals surface area contributed by atoms with Crippen LogP contribution in [0.2, 0.25) is 0 Å². The van der Waals surface area contributed by atoms with E-state index in [0.717, 1.165) is 24.8 Å². The van der Waals surface area contributed by atoms with Crippen LogP contribution in [0.25, 0.3) is 0 Å². The van der Waals surface area contributed by atoms with Crippen molar-refractivity contribution in [3.63, 3.8) is 0 Å². The van der Waals surface area contributed by atoms with Crippen molar-refractivity contribution in [2.24, 2.45) is 17.3 Å². The Bertz CT molecular complexity index is 1360. The number of hydrogen-bond acceptors (Lipinski definition) is 9. The molecule has 5 fully saturated rings. The number of para-hydroxylation sites is 1. The lowest BCUT2D eigenvalue weighted by molar-refractivity contribution is -0.199. The average Bonchev–Trinajstić information content (AvgIpc) is 3.52. The molecular weight excluding hydrogens is 601 g/mol. The number of nitrogens with zero attached hydrogens (tertiary/aromatic N) is 1. The van der Waals surface area contributed by atoms with Crippen molar-refractivity contribution < 1.29 is 37.9 Å². The molecule has 2 heterocycles. The van der Waals surface area contributed by atoms with E-state index in [1.54, 1.807) is 12.1 Å². The molecule has 12 heteroatoms. The molecule has 2 bridgehead atoms. The van der Waals surface area contributed by atoms with E-state index in [4.69, 9.17) is 23.5 Å². The van der Waals surface area contributed by atoms with Gasteiger partial charge in [-0.25, -0.2) is 9.59 Å². The summed E-state index contributed by atoms with van der Waals surface area (Å²) in [6.45, 7) is 19.1. The summed E-state index contributed by atoms with van der Waals surface area (Å²) in [7, 11) is 0.849. The van der Waals surface area contributed by atoms with Gasteiger partial charge in [-0.2, -0.15) is 0 Å². The molecule has 2 amide bonds. The first-order valence-corrected chi connectivity index (χ1v) is 17.0. The second-order valence-electron chi connectivity index (χ2n) is 16.6. The summed E-state index contributed by atoms with van der Waals surface area (Å²) in [4.78, 5) is 41.1. The summed E-state index contributed by atoms with van der Waals surface area (Å²) in [5.41, 5.74) is -0.474. The second kappa shape index (κ2) is 12.9. The highest BCUT2D eigenvalue weighted by Gasteiger charge is 2.68. The highest BCUT2D eigenvalue weighted by molar-refractivity contribution is 6.48. The maximum Gasteiger partial charge on any atom is 0.482 e. The number of methoxy groups -OCH3 is 1. The first kappa shape index (κ1) is 35.5. The molecule has 11 nitrogen and oxygen atoms in total. The summed E-state index contributed by atoms with van der Waals surface area (Å²) in [6, 6.07) is 5.27. The van der Waals surface area contributed by atoms with Gasteiger partial charge in [0.15, 0.2) is 0 Å². The Morgan fingerprint density at radius 2 is 1.77 bits per heavy atom. The molecule has 6 atom stereocenters. The lowest BCUT2D eigenvalue weighted by atomic mass is 9.43. The second-order valence-corrected chi connectivity index (χ2v) is 16.6. The maximum absolute atomic E-state index is 13.6. The zero-order valence-corrected chi connectivity index (χ0v) is 29.9. The van der Waals surface area contributed by atoms with Gasteiger partial charge < -0.3 is 34.2 Å². The molecule has 2 aliphatic heterocycles. The summed E-state index contributed by atoms with van der Waals surface area (Å²) in [6.07, 6.45) is 2.57. The molecule has 260 valence electrons. The third kappa shape index (κ3) is 7.75. The molecule has 0 spiro atoms. The van der Waals surface area contributed by atoms with Crippen molar-refractivity contribution in [3.8, 4) is 5.75 Å². The van der Waals surface area contributed by atoms with E-state index < -0.39 is 41.9 Å². The van der Waals surface area contributed by atoms with Gasteiger partial charge in [0.2, 0.25) is 5.91 Å². The van der Waals surface area contributed by atoms with Gasteiger partial charge in [-0.15, -0.1) is 0 Å². The smallest absolute Gasteiger partial charge is 0.482 e. The highest BCUT2D eigenvalue weighted by atomic mass is 16.7. The maximum atomic E-state index is 13.6. The number of carbonyl (C=O) groups excluding carboxylic acids is 3. The van der Waals surface area contributed by atoms with E-state index in [0.29, 0.717) is 42.7 Å². The monoisotopic (exact) mass is 655 g/mol. The van der Waals surface area contributed by atoms with Crippen LogP contribution in [0, 0.1) is 17.3 Å². The van der Waals surface area contributed by atoms with Crippen LogP contribution < -0.4 is 15.4 Å². The van der Waals surface area contributed by atoms with Crippen LogP contribution >= 0.6 is 0 Å². The van der Waals surface area contributed by atoms with E-state index >= 15 is 0 Å². The number of benzene rings is 1. The van der Waals surface area contributed by atoms with Gasteiger partial charge in [0.25, 0.3) is 0 Å². The van der Waals surface area contributed by atoms with Crippen molar-refractivity contribution >= 4 is 25.1 Å². The Morgan fingerprint density at radius 1 is 1.06 bits per heavy atom. The molecule has 0 aromatic heterocycles. The van der Waals surface area contributed by atoms with Gasteiger partial charge in [0.1, 0.15) is 22.5 Å². The minimum absolute atomic E-state index is 0.0584. The van der Waals surface area contributed by atoms with Crippen molar-refractivity contribution in [2.75, 3.05) is 26.7 Å². The molecule has 2 N–H and O–H groups in total. The third-order valence-corrected chi connectivity index (χ3v) is 10.4. The fourth-order valence-corrected chi connectivity index (χ4v) is 8.03. The van der Waals surface area contributed by atoms with Gasteiger partial charge in [-0.3, -0.25) is 9.69 Å². The zero-order chi connectivity index (χ0) is 34.5. The van der Waals surface area contributed by atoms with Gasteiger partial charge in [0, 0.05) is 19.1 Å². The quantitative estimate of drug-likeness (QED) is 0.292. The topological polar surface area (TPSA) is 125 Å². The van der Waals surface area contributed by atoms with Crippen molar-refractivity contribution in [3.05, 3.63) is 29.3 Å². The van der Waals surface area contributed by atoms with Gasteiger partial charge in [-0.1, -0.05) is 26.0 Å². The van der Waals surface area contributed by atoms with Crippen LogP contribution in [0.15, 0.2) is 18.2 Å². The minimum atomic E-state index is -0.681. The number of hydrogen-bond donors (Lipinski definition) is 2. The van der Waals surface area contributed by atoms with E-state index in [-0.39, 0.29) is 30.0 Å². The molecule has 1 aromatic carbocycles. The summed E-state index contributed by atoms with van der Waals surface area (Å²) in [5, 5.41) is 6.14. The molecule has 3 saturated carbocycles. The Kier molecular flexibility index (Phi) is 9.73. The Labute approximate surface area is 280 Å². The molecule has 3 aliphatic carbocycles. The molecule has 47 heavy (non-hydrogen) atoms. The zero-order valence-electron chi connectivity index (χ0n) is 29.9. The number of nitrogens with one attached hydrogen (secondary N) is 2. The predicted octanol–water partition coefficient (Wildman–Crippen LogP) is 4.54. The fraction of sp³-hybridized carbons (Fsp3) is 0.743. The average molecular weight is 656 g/mol. The van der Waals surface area contributed by atoms with Crippen molar-refractivity contribution in [2.45, 2.75) is 123 Å². The molecule has 2 saturated heterocycles. The molecule has 1 aromatic rings. The standard InChI is InChI=1S/C35H54BN3O8/c1-32(2,3)44-30(41)24-13-11-12-21(29(24)43-10)16-27(36-46-26-18-22-17-25(34(22,7)8)35(26,9)47-36)38-28(40)20-39-15-14-23(19-39)37-31(42)45-33(4,5)6/h11-13,22-23,25-27H,14-20H2,1-10H3,(H,37,42)(H,38,40). The number of alkyl carbamates (subject to hydrolysis) is 1. The Balaban J connectivity index is 1.32. The summed E-state index contributed by atoms with van der Waals surface area (Å²) in [5.74, 6) is 0.155. The highest BCUT2D eigenvalue weighted by Crippen LogP contribution is 2.65. The number of esters is 1. The van der Waals surface area contributed by atoms with Crippen LogP contribution in [0.5, 0.6) is 5.75 Å². The van der Waals surface area contributed by atoms with Gasteiger partial charge in [-0.05, 0) is 103 Å². The van der Waals surface area contributed by atoms with E-state index in [1.807, 2.05) is 52.5 Å². The predicted molar refractivity (Wildman–Crippen MR) is 178 cm³/mol. The molecule has 0 radical (unpaired) electrons. The third-order valence-electron chi connectivity index (χ3n) is 10.4. The molecule has 6 rings (SSSR count). The van der Waals surface area contributed by atoms with Gasteiger partial charge in [0.05, 0.1) is 31.3 Å². The van der Waals surface area contributed by atoms with Crippen molar-refractivity contribution in [1.82, 2.24) is 15.5 Å². The first-order valence-electron chi connectivity index (χ1n) is 17.0. The largest absolute Gasteiger partial charge is 0.496 e. The normalized spacial score (nSPS) is 28.9. The van der Waals surface area contributed by atoms with E-state index in [2.05, 4.69) is 31.4 Å². The Morgan fingerprint density at radius 3 is 2.40 bits per heavy atom. The van der Waals surface area contributed by atoms with Crippen LogP contribution in [-0.4, -0.2) is 91.6 Å². The van der Waals surface area contributed by atoms with E-state index in [1.165, 1.54) is 7.11 Å². The number of amides is 2. The number of rotatable bonds is 9. The minimum Gasteiger partial charge on any atom is -0.496 e.